The highest BCUT2D eigenvalue weighted by Crippen LogP contribution is 2.37. The molecule has 0 radical (unpaired) electrons. The second-order valence-corrected chi connectivity index (χ2v) is 12.4. The highest BCUT2D eigenvalue weighted by Gasteiger charge is 2.37. The Morgan fingerprint density at radius 3 is 2.62 bits per heavy atom. The molecule has 1 amide bonds. The van der Waals surface area contributed by atoms with Crippen LogP contribution in [-0.4, -0.2) is 59.2 Å². The van der Waals surface area contributed by atoms with E-state index in [1.807, 2.05) is 37.9 Å². The first kappa shape index (κ1) is 26.0. The molecule has 6 nitrogen and oxygen atoms in total. The van der Waals surface area contributed by atoms with E-state index in [-0.39, 0.29) is 18.2 Å². The van der Waals surface area contributed by atoms with Crippen LogP contribution in [0.5, 0.6) is 0 Å². The largest absolute Gasteiger partial charge is 0.444 e. The Bertz CT molecular complexity index is 1100. The summed E-state index contributed by atoms with van der Waals surface area (Å²) >= 11 is 0. The summed E-state index contributed by atoms with van der Waals surface area (Å²) in [6.07, 6.45) is 8.43. The van der Waals surface area contributed by atoms with Crippen molar-refractivity contribution >= 4 is 11.8 Å². The van der Waals surface area contributed by atoms with Crippen LogP contribution in [0.1, 0.15) is 81.8 Å². The Morgan fingerprint density at radius 2 is 1.86 bits per heavy atom. The van der Waals surface area contributed by atoms with E-state index in [0.29, 0.717) is 6.54 Å². The highest BCUT2D eigenvalue weighted by atomic mass is 16.6. The molecule has 1 saturated heterocycles. The van der Waals surface area contributed by atoms with Gasteiger partial charge in [0.05, 0.1) is 17.8 Å². The number of likely N-dealkylation sites (N-methyl/N-ethyl adjacent to an activating group) is 1. The molecule has 1 aromatic heterocycles. The smallest absolute Gasteiger partial charge is 0.410 e. The average Bonchev–Trinajstić information content (AvgIpc) is 2.87. The van der Waals surface area contributed by atoms with E-state index in [4.69, 9.17) is 9.72 Å². The fourth-order valence-corrected chi connectivity index (χ4v) is 6.38. The Morgan fingerprint density at radius 1 is 1.11 bits per heavy atom. The lowest BCUT2D eigenvalue weighted by Crippen LogP contribution is -2.51. The molecule has 0 bridgehead atoms. The van der Waals surface area contributed by atoms with Gasteiger partial charge in [0, 0.05) is 38.1 Å². The molecule has 200 valence electrons. The lowest BCUT2D eigenvalue weighted by molar-refractivity contribution is 0.00645. The van der Waals surface area contributed by atoms with Crippen LogP contribution in [0.2, 0.25) is 0 Å². The zero-order valence-electron chi connectivity index (χ0n) is 23.4. The summed E-state index contributed by atoms with van der Waals surface area (Å²) in [6, 6.07) is 11.3. The number of anilines is 1. The summed E-state index contributed by atoms with van der Waals surface area (Å²) in [5.74, 6) is 0.798. The number of hydrogen-bond donors (Lipinski definition) is 0. The topological polar surface area (TPSA) is 48.9 Å². The Balaban J connectivity index is 1.43. The summed E-state index contributed by atoms with van der Waals surface area (Å²) in [4.78, 5) is 25.2. The van der Waals surface area contributed by atoms with Gasteiger partial charge in [-0.1, -0.05) is 25.1 Å². The van der Waals surface area contributed by atoms with Crippen molar-refractivity contribution in [2.24, 2.45) is 5.92 Å². The third kappa shape index (κ3) is 5.79. The normalized spacial score (nSPS) is 22.5. The van der Waals surface area contributed by atoms with Gasteiger partial charge in [0.15, 0.2) is 0 Å². The van der Waals surface area contributed by atoms with E-state index < -0.39 is 5.60 Å². The quantitative estimate of drug-likeness (QED) is 0.512. The molecule has 5 rings (SSSR count). The minimum Gasteiger partial charge on any atom is -0.444 e. The van der Waals surface area contributed by atoms with Gasteiger partial charge < -0.3 is 9.64 Å². The second-order valence-electron chi connectivity index (χ2n) is 12.4. The number of ether oxygens (including phenoxy) is 1. The van der Waals surface area contributed by atoms with Crippen LogP contribution in [-0.2, 0) is 24.1 Å². The van der Waals surface area contributed by atoms with Crippen LogP contribution < -0.4 is 4.90 Å². The Hall–Kier alpha value is -2.60. The molecule has 6 heteroatoms. The summed E-state index contributed by atoms with van der Waals surface area (Å²) in [5.41, 5.74) is 6.09. The third-order valence-electron chi connectivity index (χ3n) is 8.42. The lowest BCUT2D eigenvalue weighted by Gasteiger charge is -2.43. The third-order valence-corrected chi connectivity index (χ3v) is 8.42. The Labute approximate surface area is 223 Å². The van der Waals surface area contributed by atoms with Crippen LogP contribution in [0.3, 0.4) is 0 Å². The van der Waals surface area contributed by atoms with Crippen molar-refractivity contribution < 1.29 is 9.53 Å². The van der Waals surface area contributed by atoms with Gasteiger partial charge in [0.25, 0.3) is 0 Å². The number of nitrogens with zero attached hydrogens (tertiary/aromatic N) is 4. The number of fused-ring (bicyclic) bond motifs is 2. The standard InChI is InChI=1S/C31H44N4O2/c1-22-14-17-34(18-15-22)27-12-7-10-24-20-35(30(36)37-31(2,3)4)25(19-26(24)27)21-33(5)28-13-6-9-23-11-8-16-32-29(23)28/h7-8,10-12,16,22,25,28H,6,9,13-15,17-21H2,1-5H3/t25-,28+/m1/s1. The number of aryl methyl sites for hydroxylation is 1. The first-order valence-electron chi connectivity index (χ1n) is 14.2. The molecule has 37 heavy (non-hydrogen) atoms. The van der Waals surface area contributed by atoms with Crippen molar-refractivity contribution in [2.75, 3.05) is 31.6 Å². The number of piperidine rings is 1. The molecule has 2 aromatic rings. The number of amides is 1. The molecule has 0 N–H and O–H groups in total. The van der Waals surface area contributed by atoms with Crippen LogP contribution >= 0.6 is 0 Å². The maximum Gasteiger partial charge on any atom is 0.410 e. The number of pyridine rings is 1. The molecule has 0 unspecified atom stereocenters. The fraction of sp³-hybridized carbons (Fsp3) is 0.613. The van der Waals surface area contributed by atoms with Crippen molar-refractivity contribution in [2.45, 2.75) is 90.4 Å². The van der Waals surface area contributed by atoms with Gasteiger partial charge >= 0.3 is 6.09 Å². The number of carbonyl (C=O) groups excluding carboxylic acids is 1. The molecule has 3 heterocycles. The molecule has 0 spiro atoms. The van der Waals surface area contributed by atoms with Gasteiger partial charge in [0.1, 0.15) is 5.60 Å². The van der Waals surface area contributed by atoms with E-state index in [0.717, 1.165) is 44.8 Å². The minimum atomic E-state index is -0.521. The zero-order valence-corrected chi connectivity index (χ0v) is 23.4. The van der Waals surface area contributed by atoms with Gasteiger partial charge in [-0.25, -0.2) is 4.79 Å². The summed E-state index contributed by atoms with van der Waals surface area (Å²) in [7, 11) is 2.20. The molecular formula is C31H44N4O2. The van der Waals surface area contributed by atoms with Crippen LogP contribution in [0.4, 0.5) is 10.5 Å². The van der Waals surface area contributed by atoms with Gasteiger partial charge in [-0.05, 0) is 101 Å². The molecule has 3 aliphatic rings. The van der Waals surface area contributed by atoms with E-state index in [9.17, 15) is 4.79 Å². The van der Waals surface area contributed by atoms with Gasteiger partial charge in [-0.15, -0.1) is 0 Å². The summed E-state index contributed by atoms with van der Waals surface area (Å²) < 4.78 is 5.91. The van der Waals surface area contributed by atoms with Crippen molar-refractivity contribution in [3.63, 3.8) is 0 Å². The van der Waals surface area contributed by atoms with Crippen molar-refractivity contribution in [1.29, 1.82) is 0 Å². The average molecular weight is 505 g/mol. The van der Waals surface area contributed by atoms with Crippen LogP contribution in [0.15, 0.2) is 36.5 Å². The number of hydrogen-bond acceptors (Lipinski definition) is 5. The van der Waals surface area contributed by atoms with E-state index in [1.54, 1.807) is 0 Å². The maximum absolute atomic E-state index is 13.5. The van der Waals surface area contributed by atoms with Crippen LogP contribution in [0, 0.1) is 5.92 Å². The number of rotatable bonds is 4. The van der Waals surface area contributed by atoms with E-state index in [2.05, 4.69) is 48.0 Å². The monoisotopic (exact) mass is 504 g/mol. The molecule has 2 atom stereocenters. The Kier molecular flexibility index (Phi) is 7.49. The van der Waals surface area contributed by atoms with Gasteiger partial charge in [0.2, 0.25) is 0 Å². The number of carbonyl (C=O) groups is 1. The van der Waals surface area contributed by atoms with Gasteiger partial charge in [-0.3, -0.25) is 14.8 Å². The first-order valence-corrected chi connectivity index (χ1v) is 14.2. The predicted octanol–water partition coefficient (Wildman–Crippen LogP) is 5.99. The summed E-state index contributed by atoms with van der Waals surface area (Å²) in [6.45, 7) is 11.8. The predicted molar refractivity (Wildman–Crippen MR) is 149 cm³/mol. The number of aromatic nitrogens is 1. The SMILES string of the molecule is CC1CCN(c2cccc3c2C[C@H](CN(C)[C@H]2CCCc4cccnc42)N(C(=O)OC(C)(C)C)C3)CC1. The maximum atomic E-state index is 13.5. The first-order chi connectivity index (χ1) is 17.7. The van der Waals surface area contributed by atoms with Crippen molar-refractivity contribution in [1.82, 2.24) is 14.8 Å². The van der Waals surface area contributed by atoms with Gasteiger partial charge in [-0.2, -0.15) is 0 Å². The van der Waals surface area contributed by atoms with E-state index >= 15 is 0 Å². The molecule has 1 aromatic carbocycles. The molecule has 0 saturated carbocycles. The second kappa shape index (κ2) is 10.6. The minimum absolute atomic E-state index is 0.0475. The summed E-state index contributed by atoms with van der Waals surface area (Å²) in [5, 5.41) is 0. The zero-order chi connectivity index (χ0) is 26.2. The van der Waals surface area contributed by atoms with Crippen molar-refractivity contribution in [3.8, 4) is 0 Å². The van der Waals surface area contributed by atoms with Crippen LogP contribution in [0.25, 0.3) is 0 Å². The van der Waals surface area contributed by atoms with Crippen molar-refractivity contribution in [3.05, 3.63) is 58.9 Å². The highest BCUT2D eigenvalue weighted by molar-refractivity contribution is 5.70. The molecule has 1 aliphatic carbocycles. The molecule has 2 aliphatic heterocycles. The number of benzene rings is 1. The van der Waals surface area contributed by atoms with E-state index in [1.165, 1.54) is 47.3 Å². The fourth-order valence-electron chi connectivity index (χ4n) is 6.38. The molecule has 1 fully saturated rings. The lowest BCUT2D eigenvalue weighted by atomic mass is 9.88. The molecular weight excluding hydrogens is 460 g/mol.